The van der Waals surface area contributed by atoms with Crippen molar-refractivity contribution in [2.24, 2.45) is 0 Å². The molecule has 23 heavy (non-hydrogen) atoms. The Morgan fingerprint density at radius 2 is 1.83 bits per heavy atom. The largest absolute Gasteiger partial charge is 0.344 e. The number of benzene rings is 1. The summed E-state index contributed by atoms with van der Waals surface area (Å²) in [6.45, 7) is 8.10. The van der Waals surface area contributed by atoms with E-state index in [9.17, 15) is 4.79 Å². The van der Waals surface area contributed by atoms with Gasteiger partial charge in [-0.25, -0.2) is 4.79 Å². The minimum atomic E-state index is -0.218. The predicted molar refractivity (Wildman–Crippen MR) is 92.6 cm³/mol. The number of amides is 1. The van der Waals surface area contributed by atoms with E-state index in [1.165, 1.54) is 30.4 Å². The molecular formula is C17H27N5O. The highest BCUT2D eigenvalue weighted by Gasteiger charge is 2.11. The van der Waals surface area contributed by atoms with Crippen LogP contribution in [0.1, 0.15) is 39.5 Å². The van der Waals surface area contributed by atoms with Gasteiger partial charge in [0.1, 0.15) is 5.52 Å². The molecule has 1 amide bonds. The standard InChI is InChI=1S/C17H27N5O/c1-3-5-12-21(13-6-4-2)14-11-18-17(23)22-16-10-8-7-9-15(16)19-20-22/h7-10H,3-6,11-14H2,1-2H3,(H,18,23). The first-order valence-electron chi connectivity index (χ1n) is 8.57. The number of para-hydroxylation sites is 1. The monoisotopic (exact) mass is 317 g/mol. The number of aromatic nitrogens is 3. The van der Waals surface area contributed by atoms with E-state index in [0.29, 0.717) is 6.54 Å². The molecule has 0 saturated heterocycles. The van der Waals surface area contributed by atoms with Crippen molar-refractivity contribution in [3.63, 3.8) is 0 Å². The van der Waals surface area contributed by atoms with Gasteiger partial charge in [-0.3, -0.25) is 0 Å². The molecule has 0 atom stereocenters. The fraction of sp³-hybridized carbons (Fsp3) is 0.588. The highest BCUT2D eigenvalue weighted by atomic mass is 16.2. The molecule has 0 spiro atoms. The van der Waals surface area contributed by atoms with Gasteiger partial charge in [0.05, 0.1) is 5.52 Å². The lowest BCUT2D eigenvalue weighted by Crippen LogP contribution is -2.38. The third kappa shape index (κ3) is 5.03. The van der Waals surface area contributed by atoms with Crippen LogP contribution < -0.4 is 5.32 Å². The summed E-state index contributed by atoms with van der Waals surface area (Å²) in [5.41, 5.74) is 1.47. The second-order valence-electron chi connectivity index (χ2n) is 5.77. The van der Waals surface area contributed by atoms with Gasteiger partial charge >= 0.3 is 6.03 Å². The number of rotatable bonds is 9. The molecule has 0 aliphatic rings. The predicted octanol–water partition coefficient (Wildman–Crippen LogP) is 2.89. The van der Waals surface area contributed by atoms with Crippen LogP contribution in [0, 0.1) is 0 Å². The second-order valence-corrected chi connectivity index (χ2v) is 5.77. The molecule has 6 heteroatoms. The number of carbonyl (C=O) groups excluding carboxylic acids is 1. The Balaban J connectivity index is 1.85. The van der Waals surface area contributed by atoms with Crippen LogP contribution in [-0.2, 0) is 0 Å². The lowest BCUT2D eigenvalue weighted by Gasteiger charge is -2.21. The van der Waals surface area contributed by atoms with Crippen LogP contribution in [0.5, 0.6) is 0 Å². The number of nitrogens with one attached hydrogen (secondary N) is 1. The van der Waals surface area contributed by atoms with Crippen LogP contribution in [0.25, 0.3) is 11.0 Å². The van der Waals surface area contributed by atoms with E-state index in [1.54, 1.807) is 0 Å². The Bertz CT molecular complexity index is 602. The summed E-state index contributed by atoms with van der Waals surface area (Å²) in [4.78, 5) is 14.7. The Kier molecular flexibility index (Phi) is 7.00. The van der Waals surface area contributed by atoms with Crippen LogP contribution in [-0.4, -0.2) is 52.1 Å². The molecular weight excluding hydrogens is 290 g/mol. The zero-order valence-electron chi connectivity index (χ0n) is 14.2. The normalized spacial score (nSPS) is 11.3. The molecule has 0 aliphatic carbocycles. The number of hydrogen-bond acceptors (Lipinski definition) is 4. The maximum atomic E-state index is 12.3. The van der Waals surface area contributed by atoms with E-state index in [4.69, 9.17) is 0 Å². The van der Waals surface area contributed by atoms with E-state index in [1.807, 2.05) is 24.3 Å². The molecule has 126 valence electrons. The number of fused-ring (bicyclic) bond motifs is 1. The molecule has 2 rings (SSSR count). The van der Waals surface area contributed by atoms with E-state index in [-0.39, 0.29) is 6.03 Å². The van der Waals surface area contributed by atoms with Crippen molar-refractivity contribution in [1.29, 1.82) is 0 Å². The maximum Gasteiger partial charge on any atom is 0.344 e. The summed E-state index contributed by atoms with van der Waals surface area (Å²) < 4.78 is 1.33. The molecule has 0 saturated carbocycles. The summed E-state index contributed by atoms with van der Waals surface area (Å²) >= 11 is 0. The van der Waals surface area contributed by atoms with Crippen molar-refractivity contribution >= 4 is 17.1 Å². The SMILES string of the molecule is CCCCN(CCCC)CCNC(=O)n1nnc2ccccc21. The molecule has 1 aromatic heterocycles. The average Bonchev–Trinajstić information content (AvgIpc) is 3.00. The summed E-state index contributed by atoms with van der Waals surface area (Å²) in [6, 6.07) is 7.25. The van der Waals surface area contributed by atoms with Crippen molar-refractivity contribution in [3.8, 4) is 0 Å². The molecule has 0 fully saturated rings. The fourth-order valence-corrected chi connectivity index (χ4v) is 2.51. The topological polar surface area (TPSA) is 63.1 Å². The molecule has 1 N–H and O–H groups in total. The third-order valence-corrected chi connectivity index (χ3v) is 3.90. The van der Waals surface area contributed by atoms with Crippen molar-refractivity contribution in [2.75, 3.05) is 26.2 Å². The minimum absolute atomic E-state index is 0.218. The molecule has 6 nitrogen and oxygen atoms in total. The lowest BCUT2D eigenvalue weighted by molar-refractivity contribution is 0.232. The van der Waals surface area contributed by atoms with Crippen molar-refractivity contribution < 1.29 is 4.79 Å². The van der Waals surface area contributed by atoms with Crippen LogP contribution >= 0.6 is 0 Å². The van der Waals surface area contributed by atoms with Gasteiger partial charge in [-0.2, -0.15) is 4.68 Å². The van der Waals surface area contributed by atoms with Gasteiger partial charge in [-0.05, 0) is 38.1 Å². The maximum absolute atomic E-state index is 12.3. The molecule has 0 unspecified atom stereocenters. The van der Waals surface area contributed by atoms with Gasteiger partial charge in [0.2, 0.25) is 0 Å². The van der Waals surface area contributed by atoms with Crippen LogP contribution in [0.15, 0.2) is 24.3 Å². The zero-order valence-corrected chi connectivity index (χ0v) is 14.2. The van der Waals surface area contributed by atoms with Crippen molar-refractivity contribution in [3.05, 3.63) is 24.3 Å². The Labute approximate surface area is 137 Å². The van der Waals surface area contributed by atoms with Gasteiger partial charge in [-0.1, -0.05) is 44.0 Å². The number of nitrogens with zero attached hydrogens (tertiary/aromatic N) is 4. The Hall–Kier alpha value is -1.95. The molecule has 0 aliphatic heterocycles. The third-order valence-electron chi connectivity index (χ3n) is 3.90. The lowest BCUT2D eigenvalue weighted by atomic mass is 10.2. The zero-order chi connectivity index (χ0) is 16.5. The first-order valence-corrected chi connectivity index (χ1v) is 8.57. The van der Waals surface area contributed by atoms with Crippen LogP contribution in [0.2, 0.25) is 0 Å². The summed E-state index contributed by atoms with van der Waals surface area (Å²) in [5, 5.41) is 10.9. The van der Waals surface area contributed by atoms with E-state index in [0.717, 1.165) is 30.7 Å². The quantitative estimate of drug-likeness (QED) is 0.772. The minimum Gasteiger partial charge on any atom is -0.335 e. The smallest absolute Gasteiger partial charge is 0.335 e. The van der Waals surface area contributed by atoms with Crippen molar-refractivity contribution in [1.82, 2.24) is 25.2 Å². The van der Waals surface area contributed by atoms with Gasteiger partial charge in [0.15, 0.2) is 0 Å². The average molecular weight is 317 g/mol. The van der Waals surface area contributed by atoms with E-state index >= 15 is 0 Å². The fourth-order valence-electron chi connectivity index (χ4n) is 2.51. The van der Waals surface area contributed by atoms with Crippen LogP contribution in [0.3, 0.4) is 0 Å². The molecule has 1 aromatic carbocycles. The van der Waals surface area contributed by atoms with Gasteiger partial charge in [0.25, 0.3) is 0 Å². The number of unbranched alkanes of at least 4 members (excludes halogenated alkanes) is 2. The van der Waals surface area contributed by atoms with Gasteiger partial charge in [-0.15, -0.1) is 5.10 Å². The Morgan fingerprint density at radius 1 is 1.13 bits per heavy atom. The van der Waals surface area contributed by atoms with E-state index in [2.05, 4.69) is 34.4 Å². The summed E-state index contributed by atoms with van der Waals surface area (Å²) in [5.74, 6) is 0. The van der Waals surface area contributed by atoms with E-state index < -0.39 is 0 Å². The molecule has 2 aromatic rings. The summed E-state index contributed by atoms with van der Waals surface area (Å²) in [6.07, 6.45) is 4.79. The van der Waals surface area contributed by atoms with Gasteiger partial charge < -0.3 is 10.2 Å². The van der Waals surface area contributed by atoms with Crippen LogP contribution in [0.4, 0.5) is 4.79 Å². The Morgan fingerprint density at radius 3 is 2.52 bits per heavy atom. The second kappa shape index (κ2) is 9.25. The molecule has 0 bridgehead atoms. The first-order chi connectivity index (χ1) is 11.3. The molecule has 0 radical (unpaired) electrons. The molecule has 1 heterocycles. The van der Waals surface area contributed by atoms with Crippen molar-refractivity contribution in [2.45, 2.75) is 39.5 Å². The summed E-state index contributed by atoms with van der Waals surface area (Å²) in [7, 11) is 0. The first kappa shape index (κ1) is 17.4. The highest BCUT2D eigenvalue weighted by molar-refractivity contribution is 5.87. The highest BCUT2D eigenvalue weighted by Crippen LogP contribution is 2.08. The number of hydrogen-bond donors (Lipinski definition) is 1. The number of carbonyl (C=O) groups is 1. The van der Waals surface area contributed by atoms with Gasteiger partial charge in [0, 0.05) is 13.1 Å².